The van der Waals surface area contributed by atoms with E-state index in [9.17, 15) is 31.5 Å². The van der Waals surface area contributed by atoms with Crippen LogP contribution in [0.4, 0.5) is 26.7 Å². The van der Waals surface area contributed by atoms with Crippen molar-refractivity contribution in [1.82, 2.24) is 10.6 Å². The molecule has 0 radical (unpaired) electrons. The molecule has 1 aliphatic heterocycles. The number of hydrogen-bond acceptors (Lipinski definition) is 3. The smallest absolute Gasteiger partial charge is 0.455 e. The van der Waals surface area contributed by atoms with Gasteiger partial charge in [-0.05, 0) is 24.6 Å². The number of nitrogens with one attached hydrogen (secondary N) is 2. The Morgan fingerprint density at radius 2 is 1.81 bits per heavy atom. The number of alkyl halides is 5. The molecule has 0 saturated carbocycles. The Hall–Kier alpha value is -2.07. The maximum Gasteiger partial charge on any atom is 0.456 e. The normalized spacial score (nSPS) is 18.1. The Bertz CT molecular complexity index is 811. The molecule has 0 spiro atoms. The summed E-state index contributed by atoms with van der Waals surface area (Å²) in [6.07, 6.45) is -5.88. The van der Waals surface area contributed by atoms with E-state index in [-0.39, 0.29) is 26.9 Å². The monoisotopic (exact) mass is 432 g/mol. The molecule has 1 aromatic rings. The molecule has 2 N–H and O–H groups in total. The van der Waals surface area contributed by atoms with Gasteiger partial charge in [0.15, 0.2) is 6.61 Å². The van der Waals surface area contributed by atoms with Crippen LogP contribution in [-0.4, -0.2) is 30.7 Å². The van der Waals surface area contributed by atoms with Crippen molar-refractivity contribution in [3.8, 4) is 0 Å². The maximum atomic E-state index is 13.0. The highest BCUT2D eigenvalue weighted by Gasteiger charge is 2.58. The first-order valence-corrected chi connectivity index (χ1v) is 7.94. The van der Waals surface area contributed by atoms with Crippen LogP contribution in [0, 0.1) is 0 Å². The van der Waals surface area contributed by atoms with E-state index in [0.717, 1.165) is 0 Å². The van der Waals surface area contributed by atoms with Crippen molar-refractivity contribution in [2.45, 2.75) is 25.1 Å². The number of urea groups is 1. The molecule has 0 bridgehead atoms. The Morgan fingerprint density at radius 1 is 1.19 bits per heavy atom. The minimum atomic E-state index is -5.88. The van der Waals surface area contributed by atoms with E-state index in [0.29, 0.717) is 0 Å². The van der Waals surface area contributed by atoms with E-state index in [1.165, 1.54) is 25.1 Å². The molecule has 1 atom stereocenters. The summed E-state index contributed by atoms with van der Waals surface area (Å²) in [6, 6.07) is 2.16. The quantitative estimate of drug-likeness (QED) is 0.548. The van der Waals surface area contributed by atoms with Crippen LogP contribution >= 0.6 is 23.2 Å². The highest BCUT2D eigenvalue weighted by atomic mass is 35.5. The third-order valence-corrected chi connectivity index (χ3v) is 4.30. The highest BCUT2D eigenvalue weighted by molar-refractivity contribution is 6.42. The van der Waals surface area contributed by atoms with E-state index in [2.05, 4.69) is 15.4 Å². The summed E-state index contributed by atoms with van der Waals surface area (Å²) in [5, 5.41) is 4.83. The number of hydrogen-bond donors (Lipinski definition) is 2. The molecular weight excluding hydrogens is 422 g/mol. The van der Waals surface area contributed by atoms with Gasteiger partial charge in [-0.15, -0.1) is 0 Å². The van der Waals surface area contributed by atoms with Gasteiger partial charge < -0.3 is 15.4 Å². The second-order valence-corrected chi connectivity index (χ2v) is 6.34. The molecule has 2 amide bonds. The van der Waals surface area contributed by atoms with Crippen molar-refractivity contribution in [1.29, 1.82) is 0 Å². The molecule has 2 rings (SSSR count). The molecule has 0 fully saturated rings. The second kappa shape index (κ2) is 7.51. The first kappa shape index (κ1) is 21.2. The lowest BCUT2D eigenvalue weighted by Gasteiger charge is -2.29. The SMILES string of the molecule is CC1=C(C(=O)OCC(F)(F)C(F)(F)F)[C@@H](c2ccc(Cl)c(Cl)c2)NC(=O)N1. The number of esters is 1. The third kappa shape index (κ3) is 4.62. The fourth-order valence-corrected chi connectivity index (χ4v) is 2.53. The summed E-state index contributed by atoms with van der Waals surface area (Å²) in [4.78, 5) is 23.9. The Kier molecular flexibility index (Phi) is 5.91. The minimum Gasteiger partial charge on any atom is -0.455 e. The molecule has 1 heterocycles. The molecule has 5 nitrogen and oxygen atoms in total. The van der Waals surface area contributed by atoms with Gasteiger partial charge in [-0.25, -0.2) is 9.59 Å². The van der Waals surface area contributed by atoms with Crippen LogP contribution in [0.15, 0.2) is 29.5 Å². The lowest BCUT2D eigenvalue weighted by molar-refractivity contribution is -0.293. The molecular formula is C15H11Cl2F5N2O3. The summed E-state index contributed by atoms with van der Waals surface area (Å²) in [7, 11) is 0. The van der Waals surface area contributed by atoms with E-state index in [1.807, 2.05) is 0 Å². The number of halogens is 7. The van der Waals surface area contributed by atoms with Crippen molar-refractivity contribution in [2.24, 2.45) is 0 Å². The Balaban J connectivity index is 2.32. The topological polar surface area (TPSA) is 67.4 Å². The standard InChI is InChI=1S/C15H11Cl2F5N2O3/c1-6-10(12(25)27-5-14(18,19)15(20,21)22)11(24-13(26)23-6)7-2-3-8(16)9(17)4-7/h2-4,11H,5H2,1H3,(H2,23,24,26)/t11-/m1/s1. The second-order valence-electron chi connectivity index (χ2n) is 5.52. The van der Waals surface area contributed by atoms with E-state index in [4.69, 9.17) is 23.2 Å². The third-order valence-electron chi connectivity index (χ3n) is 3.57. The van der Waals surface area contributed by atoms with Crippen LogP contribution in [0.1, 0.15) is 18.5 Å². The van der Waals surface area contributed by atoms with Crippen molar-refractivity contribution < 1.29 is 36.3 Å². The van der Waals surface area contributed by atoms with Gasteiger partial charge in [-0.3, -0.25) is 0 Å². The van der Waals surface area contributed by atoms with Gasteiger partial charge in [0.25, 0.3) is 0 Å². The zero-order valence-electron chi connectivity index (χ0n) is 13.4. The maximum absolute atomic E-state index is 13.0. The zero-order valence-corrected chi connectivity index (χ0v) is 14.9. The average molecular weight is 433 g/mol. The van der Waals surface area contributed by atoms with Crippen LogP contribution in [0.3, 0.4) is 0 Å². The van der Waals surface area contributed by atoms with Crippen molar-refractivity contribution in [2.75, 3.05) is 6.61 Å². The molecule has 0 aromatic heterocycles. The van der Waals surface area contributed by atoms with E-state index < -0.39 is 36.7 Å². The van der Waals surface area contributed by atoms with Gasteiger partial charge in [0.05, 0.1) is 21.7 Å². The van der Waals surface area contributed by atoms with Gasteiger partial charge in [0.2, 0.25) is 0 Å². The summed E-state index contributed by atoms with van der Waals surface area (Å²) >= 11 is 11.7. The number of benzene rings is 1. The van der Waals surface area contributed by atoms with Crippen LogP contribution in [0.2, 0.25) is 10.0 Å². The Morgan fingerprint density at radius 3 is 2.37 bits per heavy atom. The van der Waals surface area contributed by atoms with Crippen molar-refractivity contribution >= 4 is 35.2 Å². The van der Waals surface area contributed by atoms with Crippen LogP contribution in [0.25, 0.3) is 0 Å². The number of ether oxygens (including phenoxy) is 1. The molecule has 1 aromatic carbocycles. The average Bonchev–Trinajstić information content (AvgIpc) is 2.53. The first-order chi connectivity index (χ1) is 12.3. The number of allylic oxidation sites excluding steroid dienone is 1. The van der Waals surface area contributed by atoms with Gasteiger partial charge in [-0.2, -0.15) is 22.0 Å². The summed E-state index contributed by atoms with van der Waals surface area (Å²) < 4.78 is 66.8. The van der Waals surface area contributed by atoms with Gasteiger partial charge in [0, 0.05) is 5.70 Å². The molecule has 0 unspecified atom stereocenters. The lowest BCUT2D eigenvalue weighted by Crippen LogP contribution is -2.46. The van der Waals surface area contributed by atoms with Crippen LogP contribution in [0.5, 0.6) is 0 Å². The molecule has 1 aliphatic rings. The number of carbonyl (C=O) groups is 2. The first-order valence-electron chi connectivity index (χ1n) is 7.18. The molecule has 27 heavy (non-hydrogen) atoms. The lowest BCUT2D eigenvalue weighted by atomic mass is 9.95. The van der Waals surface area contributed by atoms with Crippen molar-refractivity contribution in [3.63, 3.8) is 0 Å². The summed E-state index contributed by atoms with van der Waals surface area (Å²) in [5.41, 5.74) is -0.186. The number of carbonyl (C=O) groups excluding carboxylic acids is 2. The van der Waals surface area contributed by atoms with Gasteiger partial charge >= 0.3 is 24.1 Å². The van der Waals surface area contributed by atoms with Crippen LogP contribution in [-0.2, 0) is 9.53 Å². The number of amides is 2. The summed E-state index contributed by atoms with van der Waals surface area (Å²) in [6.45, 7) is -0.935. The fraction of sp³-hybridized carbons (Fsp3) is 0.333. The van der Waals surface area contributed by atoms with Gasteiger partial charge in [0.1, 0.15) is 0 Å². The minimum absolute atomic E-state index is 0.0739. The van der Waals surface area contributed by atoms with Crippen molar-refractivity contribution in [3.05, 3.63) is 45.1 Å². The van der Waals surface area contributed by atoms with Crippen LogP contribution < -0.4 is 10.6 Å². The van der Waals surface area contributed by atoms with Gasteiger partial charge in [-0.1, -0.05) is 29.3 Å². The molecule has 148 valence electrons. The molecule has 0 aliphatic carbocycles. The Labute approximate surface area is 159 Å². The highest BCUT2D eigenvalue weighted by Crippen LogP contribution is 2.36. The van der Waals surface area contributed by atoms with E-state index >= 15 is 0 Å². The predicted molar refractivity (Wildman–Crippen MR) is 85.5 cm³/mol. The fourth-order valence-electron chi connectivity index (χ4n) is 2.22. The molecule has 12 heteroatoms. The largest absolute Gasteiger partial charge is 0.456 e. The summed E-state index contributed by atoms with van der Waals surface area (Å²) in [5.74, 6) is -6.68. The number of rotatable bonds is 4. The predicted octanol–water partition coefficient (Wildman–Crippen LogP) is 4.36. The molecule has 0 saturated heterocycles. The van der Waals surface area contributed by atoms with E-state index in [1.54, 1.807) is 0 Å². The zero-order chi connectivity index (χ0) is 20.6.